The van der Waals surface area contributed by atoms with Gasteiger partial charge in [-0.15, -0.1) is 0 Å². The van der Waals surface area contributed by atoms with E-state index in [1.807, 2.05) is 25.1 Å². The quantitative estimate of drug-likeness (QED) is 0.590. The van der Waals surface area contributed by atoms with Crippen molar-refractivity contribution in [3.63, 3.8) is 0 Å². The van der Waals surface area contributed by atoms with Gasteiger partial charge in [0.1, 0.15) is 6.04 Å². The number of carbonyl (C=O) groups is 1. The number of nitrogens with zero attached hydrogens (tertiary/aromatic N) is 1. The smallest absolute Gasteiger partial charge is 0.324 e. The Morgan fingerprint density at radius 2 is 1.73 bits per heavy atom. The largest absolute Gasteiger partial charge is 0.418 e. The van der Waals surface area contributed by atoms with Crippen molar-refractivity contribution in [2.24, 2.45) is 5.41 Å². The summed E-state index contributed by atoms with van der Waals surface area (Å²) in [4.78, 5) is 15.1. The fourth-order valence-electron chi connectivity index (χ4n) is 3.36. The first kappa shape index (κ1) is 24.2. The van der Waals surface area contributed by atoms with Gasteiger partial charge < -0.3 is 15.5 Å². The number of halogens is 4. The molecule has 0 spiro atoms. The van der Waals surface area contributed by atoms with Crippen molar-refractivity contribution in [3.05, 3.63) is 64.7 Å². The molecule has 2 rings (SSSR count). The van der Waals surface area contributed by atoms with E-state index < -0.39 is 23.7 Å². The van der Waals surface area contributed by atoms with Crippen LogP contribution in [0.4, 0.5) is 18.9 Å². The Morgan fingerprint density at radius 1 is 1.10 bits per heavy atom. The van der Waals surface area contributed by atoms with Crippen LogP contribution in [0.3, 0.4) is 0 Å². The Kier molecular flexibility index (Phi) is 7.91. The average molecular weight is 442 g/mol. The molecule has 1 amide bonds. The SMILES string of the molecule is CN(C)CC(C)(C)CN[C@@H](C(=O)Nc1ccc(Cl)cc1C(F)(F)F)c1ccccc1. The summed E-state index contributed by atoms with van der Waals surface area (Å²) in [6.07, 6.45) is -4.64. The summed E-state index contributed by atoms with van der Waals surface area (Å²) in [7, 11) is 3.92. The lowest BCUT2D eigenvalue weighted by Crippen LogP contribution is -2.42. The Morgan fingerprint density at radius 3 is 2.30 bits per heavy atom. The van der Waals surface area contributed by atoms with Crippen LogP contribution in [0, 0.1) is 5.41 Å². The highest BCUT2D eigenvalue weighted by Gasteiger charge is 2.35. The second-order valence-electron chi connectivity index (χ2n) is 8.30. The Balaban J connectivity index is 2.29. The van der Waals surface area contributed by atoms with Crippen molar-refractivity contribution in [1.82, 2.24) is 10.2 Å². The molecule has 1 atom stereocenters. The monoisotopic (exact) mass is 441 g/mol. The molecule has 8 heteroatoms. The van der Waals surface area contributed by atoms with Crippen LogP contribution >= 0.6 is 11.6 Å². The molecule has 0 aliphatic carbocycles. The molecule has 0 bridgehead atoms. The molecular weight excluding hydrogens is 415 g/mol. The number of hydrogen-bond acceptors (Lipinski definition) is 3. The molecule has 2 aromatic carbocycles. The Bertz CT molecular complexity index is 854. The van der Waals surface area contributed by atoms with Crippen LogP contribution in [0.2, 0.25) is 5.02 Å². The summed E-state index contributed by atoms with van der Waals surface area (Å²) in [5.41, 5.74) is -0.803. The number of alkyl halides is 3. The van der Waals surface area contributed by atoms with Crippen LogP contribution in [0.1, 0.15) is 31.0 Å². The maximum absolute atomic E-state index is 13.4. The molecule has 2 N–H and O–H groups in total. The Labute approximate surface area is 180 Å². The predicted molar refractivity (Wildman–Crippen MR) is 115 cm³/mol. The topological polar surface area (TPSA) is 44.4 Å². The fourth-order valence-corrected chi connectivity index (χ4v) is 3.53. The van der Waals surface area contributed by atoms with E-state index in [4.69, 9.17) is 11.6 Å². The minimum atomic E-state index is -4.64. The minimum absolute atomic E-state index is 0.0523. The van der Waals surface area contributed by atoms with E-state index >= 15 is 0 Å². The van der Waals surface area contributed by atoms with Crippen LogP contribution in [0.5, 0.6) is 0 Å². The summed E-state index contributed by atoms with van der Waals surface area (Å²) in [5.74, 6) is -0.574. The Hall–Kier alpha value is -2.09. The van der Waals surface area contributed by atoms with Gasteiger partial charge in [-0.1, -0.05) is 55.8 Å². The normalized spacial score (nSPS) is 13.4. The highest BCUT2D eigenvalue weighted by Crippen LogP contribution is 2.37. The number of anilines is 1. The van der Waals surface area contributed by atoms with Gasteiger partial charge in [-0.05, 0) is 43.3 Å². The third-order valence-electron chi connectivity index (χ3n) is 4.47. The number of hydrogen-bond donors (Lipinski definition) is 2. The molecule has 0 fully saturated rings. The van der Waals surface area contributed by atoms with Gasteiger partial charge >= 0.3 is 6.18 Å². The first-order valence-electron chi connectivity index (χ1n) is 9.50. The number of carbonyl (C=O) groups excluding carboxylic acids is 1. The van der Waals surface area contributed by atoms with Gasteiger partial charge in [0.15, 0.2) is 0 Å². The molecule has 0 radical (unpaired) electrons. The van der Waals surface area contributed by atoms with E-state index in [1.165, 1.54) is 12.1 Å². The lowest BCUT2D eigenvalue weighted by molar-refractivity contribution is -0.137. The molecular formula is C22H27ClF3N3O. The zero-order valence-corrected chi connectivity index (χ0v) is 18.2. The van der Waals surface area contributed by atoms with E-state index in [2.05, 4.69) is 24.5 Å². The van der Waals surface area contributed by atoms with Crippen LogP contribution in [0.25, 0.3) is 0 Å². The predicted octanol–water partition coefficient (Wildman–Crippen LogP) is 5.22. The van der Waals surface area contributed by atoms with Crippen LogP contribution in [0.15, 0.2) is 48.5 Å². The molecule has 0 saturated carbocycles. The molecule has 0 aliphatic rings. The summed E-state index contributed by atoms with van der Waals surface area (Å²) < 4.78 is 40.2. The molecule has 0 saturated heterocycles. The third kappa shape index (κ3) is 7.00. The zero-order valence-electron chi connectivity index (χ0n) is 17.5. The van der Waals surface area contributed by atoms with E-state index in [9.17, 15) is 18.0 Å². The molecule has 164 valence electrons. The van der Waals surface area contributed by atoms with Crippen molar-refractivity contribution in [1.29, 1.82) is 0 Å². The van der Waals surface area contributed by atoms with Gasteiger partial charge in [-0.25, -0.2) is 0 Å². The minimum Gasteiger partial charge on any atom is -0.324 e. The van der Waals surface area contributed by atoms with Crippen molar-refractivity contribution in [2.45, 2.75) is 26.1 Å². The lowest BCUT2D eigenvalue weighted by Gasteiger charge is -2.31. The summed E-state index contributed by atoms with van der Waals surface area (Å²) >= 11 is 5.73. The second-order valence-corrected chi connectivity index (χ2v) is 8.74. The third-order valence-corrected chi connectivity index (χ3v) is 4.70. The maximum Gasteiger partial charge on any atom is 0.418 e. The number of nitrogens with one attached hydrogen (secondary N) is 2. The standard InChI is InChI=1S/C22H27ClF3N3O/c1-21(2,14-29(3)4)13-27-19(15-8-6-5-7-9-15)20(30)28-18-11-10-16(23)12-17(18)22(24,25)26/h5-12,19,27H,13-14H2,1-4H3,(H,28,30)/t19-/m1/s1. The lowest BCUT2D eigenvalue weighted by atomic mass is 9.92. The van der Waals surface area contributed by atoms with Gasteiger partial charge in [0.05, 0.1) is 11.3 Å². The van der Waals surface area contributed by atoms with Gasteiger partial charge in [-0.3, -0.25) is 4.79 Å². The molecule has 0 unspecified atom stereocenters. The molecule has 0 aromatic heterocycles. The number of amides is 1. The second kappa shape index (κ2) is 9.81. The summed E-state index contributed by atoms with van der Waals surface area (Å²) in [6, 6.07) is 11.4. The first-order chi connectivity index (χ1) is 13.9. The van der Waals surface area contributed by atoms with Crippen molar-refractivity contribution < 1.29 is 18.0 Å². The fraction of sp³-hybridized carbons (Fsp3) is 0.409. The van der Waals surface area contributed by atoms with Gasteiger partial charge in [0, 0.05) is 18.1 Å². The number of benzene rings is 2. The van der Waals surface area contributed by atoms with Crippen LogP contribution in [-0.4, -0.2) is 38.0 Å². The van der Waals surface area contributed by atoms with Gasteiger partial charge in [0.2, 0.25) is 5.91 Å². The van der Waals surface area contributed by atoms with E-state index in [0.717, 1.165) is 12.6 Å². The molecule has 4 nitrogen and oxygen atoms in total. The van der Waals surface area contributed by atoms with Gasteiger partial charge in [-0.2, -0.15) is 13.2 Å². The number of rotatable bonds is 8. The average Bonchev–Trinajstić information content (AvgIpc) is 2.62. The highest BCUT2D eigenvalue weighted by atomic mass is 35.5. The molecule has 0 heterocycles. The molecule has 2 aromatic rings. The van der Waals surface area contributed by atoms with E-state index in [1.54, 1.807) is 24.3 Å². The zero-order chi connectivity index (χ0) is 22.5. The maximum atomic E-state index is 13.4. The summed E-state index contributed by atoms with van der Waals surface area (Å²) in [5, 5.41) is 5.60. The van der Waals surface area contributed by atoms with Crippen molar-refractivity contribution in [3.8, 4) is 0 Å². The molecule has 0 aliphatic heterocycles. The van der Waals surface area contributed by atoms with Crippen molar-refractivity contribution >= 4 is 23.2 Å². The van der Waals surface area contributed by atoms with Crippen molar-refractivity contribution in [2.75, 3.05) is 32.5 Å². The summed E-state index contributed by atoms with van der Waals surface area (Å²) in [6.45, 7) is 5.38. The molecule has 30 heavy (non-hydrogen) atoms. The van der Waals surface area contributed by atoms with Crippen LogP contribution in [-0.2, 0) is 11.0 Å². The van der Waals surface area contributed by atoms with Gasteiger partial charge in [0.25, 0.3) is 0 Å². The van der Waals surface area contributed by atoms with Crippen LogP contribution < -0.4 is 10.6 Å². The van der Waals surface area contributed by atoms with E-state index in [-0.39, 0.29) is 16.1 Å². The first-order valence-corrected chi connectivity index (χ1v) is 9.87. The van der Waals surface area contributed by atoms with E-state index in [0.29, 0.717) is 12.1 Å². The highest BCUT2D eigenvalue weighted by molar-refractivity contribution is 6.30.